The Morgan fingerprint density at radius 1 is 1.32 bits per heavy atom. The van der Waals surface area contributed by atoms with E-state index in [9.17, 15) is 4.79 Å². The van der Waals surface area contributed by atoms with Crippen LogP contribution in [0.2, 0.25) is 0 Å². The van der Waals surface area contributed by atoms with Crippen molar-refractivity contribution in [3.8, 4) is 0 Å². The van der Waals surface area contributed by atoms with Crippen LogP contribution in [0, 0.1) is 0 Å². The molecule has 0 saturated carbocycles. The van der Waals surface area contributed by atoms with Crippen LogP contribution in [0.1, 0.15) is 12.8 Å². The molecule has 0 bridgehead atoms. The van der Waals surface area contributed by atoms with Crippen LogP contribution in [-0.4, -0.2) is 36.7 Å². The van der Waals surface area contributed by atoms with Gasteiger partial charge >= 0.3 is 0 Å². The van der Waals surface area contributed by atoms with E-state index >= 15 is 0 Å². The summed E-state index contributed by atoms with van der Waals surface area (Å²) in [5.41, 5.74) is 2.09. The lowest BCUT2D eigenvalue weighted by atomic mass is 10.2. The first-order valence-corrected chi connectivity index (χ1v) is 7.96. The van der Waals surface area contributed by atoms with Gasteiger partial charge in [-0.1, -0.05) is 12.1 Å². The highest BCUT2D eigenvalue weighted by Gasteiger charge is 2.24. The minimum atomic E-state index is -0.0587. The fourth-order valence-corrected chi connectivity index (χ4v) is 3.54. The van der Waals surface area contributed by atoms with E-state index in [1.807, 2.05) is 18.2 Å². The van der Waals surface area contributed by atoms with E-state index in [1.165, 1.54) is 12.8 Å². The van der Waals surface area contributed by atoms with Gasteiger partial charge in [0.15, 0.2) is 0 Å². The molecule has 1 atom stereocenters. The summed E-state index contributed by atoms with van der Waals surface area (Å²) in [6.45, 7) is 2.18. The number of hydrogen-bond acceptors (Lipinski definition) is 4. The van der Waals surface area contributed by atoms with Crippen LogP contribution < -0.4 is 15.5 Å². The maximum atomic E-state index is 12.2. The molecule has 1 aromatic rings. The molecule has 0 aromatic heterocycles. The van der Waals surface area contributed by atoms with Gasteiger partial charge in [0.1, 0.15) is 0 Å². The molecule has 0 aliphatic carbocycles. The Hall–Kier alpha value is -1.20. The quantitative estimate of drug-likeness (QED) is 0.885. The molecule has 0 radical (unpaired) electrons. The molecule has 2 fully saturated rings. The number of hydrogen-bond donors (Lipinski definition) is 2. The van der Waals surface area contributed by atoms with Gasteiger partial charge in [0.05, 0.1) is 17.4 Å². The SMILES string of the molecule is O=C(Nc1ccccc1N1CCCC1)C1CSCN1. The van der Waals surface area contributed by atoms with Crippen molar-refractivity contribution in [1.29, 1.82) is 0 Å². The zero-order valence-corrected chi connectivity index (χ0v) is 11.7. The van der Waals surface area contributed by atoms with Crippen molar-refractivity contribution in [3.05, 3.63) is 24.3 Å². The Morgan fingerprint density at radius 2 is 2.11 bits per heavy atom. The number of benzene rings is 1. The summed E-state index contributed by atoms with van der Waals surface area (Å²) in [6, 6.07) is 8.04. The average molecular weight is 277 g/mol. The lowest BCUT2D eigenvalue weighted by molar-refractivity contribution is -0.117. The molecule has 2 heterocycles. The molecule has 1 unspecified atom stereocenters. The molecule has 2 aliphatic heterocycles. The molecule has 0 spiro atoms. The summed E-state index contributed by atoms with van der Waals surface area (Å²) >= 11 is 1.77. The van der Waals surface area contributed by atoms with Gasteiger partial charge < -0.3 is 10.2 Å². The second kappa shape index (κ2) is 5.84. The minimum Gasteiger partial charge on any atom is -0.370 e. The Morgan fingerprint density at radius 3 is 2.84 bits per heavy atom. The van der Waals surface area contributed by atoms with Crippen molar-refractivity contribution >= 4 is 29.0 Å². The lowest BCUT2D eigenvalue weighted by Crippen LogP contribution is -2.37. The zero-order valence-electron chi connectivity index (χ0n) is 10.9. The largest absolute Gasteiger partial charge is 0.370 e. The van der Waals surface area contributed by atoms with E-state index in [1.54, 1.807) is 11.8 Å². The third-order valence-electron chi connectivity index (χ3n) is 3.64. The van der Waals surface area contributed by atoms with Crippen LogP contribution >= 0.6 is 11.8 Å². The average Bonchev–Trinajstić information content (AvgIpc) is 3.13. The predicted molar refractivity (Wildman–Crippen MR) is 80.8 cm³/mol. The van der Waals surface area contributed by atoms with Gasteiger partial charge in [-0.3, -0.25) is 10.1 Å². The second-order valence-electron chi connectivity index (χ2n) is 4.97. The van der Waals surface area contributed by atoms with Crippen LogP contribution in [0.25, 0.3) is 0 Å². The van der Waals surface area contributed by atoms with E-state index in [0.29, 0.717) is 0 Å². The van der Waals surface area contributed by atoms with Crippen molar-refractivity contribution < 1.29 is 4.79 Å². The summed E-state index contributed by atoms with van der Waals surface area (Å²) in [6.07, 6.45) is 2.48. The van der Waals surface area contributed by atoms with Gasteiger partial charge in [0.25, 0.3) is 0 Å². The van der Waals surface area contributed by atoms with Crippen molar-refractivity contribution in [2.45, 2.75) is 18.9 Å². The molecule has 1 aromatic carbocycles. The maximum absolute atomic E-state index is 12.2. The number of para-hydroxylation sites is 2. The third kappa shape index (κ3) is 2.87. The van der Waals surface area contributed by atoms with Gasteiger partial charge in [0, 0.05) is 24.7 Å². The van der Waals surface area contributed by atoms with Gasteiger partial charge in [-0.15, -0.1) is 11.8 Å². The van der Waals surface area contributed by atoms with E-state index < -0.39 is 0 Å². The number of carbonyl (C=O) groups is 1. The number of thioether (sulfide) groups is 1. The molecular formula is C14H19N3OS. The fraction of sp³-hybridized carbons (Fsp3) is 0.500. The van der Waals surface area contributed by atoms with Crippen LogP contribution in [0.15, 0.2) is 24.3 Å². The van der Waals surface area contributed by atoms with Crippen LogP contribution in [0.5, 0.6) is 0 Å². The Kier molecular flexibility index (Phi) is 3.94. The standard InChI is InChI=1S/C14H19N3OS/c18-14(12-9-19-10-15-12)16-11-5-1-2-6-13(11)17-7-3-4-8-17/h1-2,5-6,12,15H,3-4,7-10H2,(H,16,18). The highest BCUT2D eigenvalue weighted by Crippen LogP contribution is 2.28. The topological polar surface area (TPSA) is 44.4 Å². The Bertz CT molecular complexity index is 454. The van der Waals surface area contributed by atoms with Gasteiger partial charge in [-0.25, -0.2) is 0 Å². The van der Waals surface area contributed by atoms with Crippen molar-refractivity contribution in [2.24, 2.45) is 0 Å². The Labute approximate surface area is 117 Å². The molecule has 4 nitrogen and oxygen atoms in total. The van der Waals surface area contributed by atoms with Gasteiger partial charge in [-0.2, -0.15) is 0 Å². The van der Waals surface area contributed by atoms with Crippen LogP contribution in [0.4, 0.5) is 11.4 Å². The smallest absolute Gasteiger partial charge is 0.242 e. The predicted octanol–water partition coefficient (Wildman–Crippen LogP) is 1.89. The van der Waals surface area contributed by atoms with Crippen molar-refractivity contribution in [1.82, 2.24) is 5.32 Å². The molecule has 1 amide bonds. The second-order valence-corrected chi connectivity index (χ2v) is 6.00. The normalized spacial score (nSPS) is 22.7. The number of anilines is 2. The summed E-state index contributed by atoms with van der Waals surface area (Å²) in [4.78, 5) is 14.5. The first-order valence-electron chi connectivity index (χ1n) is 6.80. The molecule has 2 aliphatic rings. The number of carbonyl (C=O) groups excluding carboxylic acids is 1. The summed E-state index contributed by atoms with van der Waals surface area (Å²) in [5, 5.41) is 6.28. The number of nitrogens with one attached hydrogen (secondary N) is 2. The zero-order chi connectivity index (χ0) is 13.1. The monoisotopic (exact) mass is 277 g/mol. The highest BCUT2D eigenvalue weighted by molar-refractivity contribution is 7.99. The molecular weight excluding hydrogens is 258 g/mol. The van der Waals surface area contributed by atoms with E-state index in [2.05, 4.69) is 21.6 Å². The third-order valence-corrected chi connectivity index (χ3v) is 4.58. The van der Waals surface area contributed by atoms with E-state index in [4.69, 9.17) is 0 Å². The molecule has 2 N–H and O–H groups in total. The van der Waals surface area contributed by atoms with Gasteiger partial charge in [0.2, 0.25) is 5.91 Å². The molecule has 19 heavy (non-hydrogen) atoms. The van der Waals surface area contributed by atoms with Gasteiger partial charge in [-0.05, 0) is 25.0 Å². The lowest BCUT2D eigenvalue weighted by Gasteiger charge is -2.22. The molecule has 5 heteroatoms. The molecule has 3 rings (SSSR count). The maximum Gasteiger partial charge on any atom is 0.242 e. The summed E-state index contributed by atoms with van der Waals surface area (Å²) < 4.78 is 0. The van der Waals surface area contributed by atoms with Crippen LogP contribution in [-0.2, 0) is 4.79 Å². The minimum absolute atomic E-state index is 0.0587. The number of amides is 1. The first kappa shape index (κ1) is 12.8. The van der Waals surface area contributed by atoms with Crippen LogP contribution in [0.3, 0.4) is 0 Å². The van der Waals surface area contributed by atoms with E-state index in [-0.39, 0.29) is 11.9 Å². The Balaban J connectivity index is 1.74. The van der Waals surface area contributed by atoms with E-state index in [0.717, 1.165) is 36.1 Å². The number of nitrogens with zero attached hydrogens (tertiary/aromatic N) is 1. The summed E-state index contributed by atoms with van der Waals surface area (Å²) in [5.74, 6) is 1.81. The number of rotatable bonds is 3. The fourth-order valence-electron chi connectivity index (χ4n) is 2.60. The molecule has 102 valence electrons. The molecule has 2 saturated heterocycles. The van der Waals surface area contributed by atoms with Crippen molar-refractivity contribution in [2.75, 3.05) is 34.9 Å². The first-order chi connectivity index (χ1) is 9.34. The van der Waals surface area contributed by atoms with Crippen molar-refractivity contribution in [3.63, 3.8) is 0 Å². The summed E-state index contributed by atoms with van der Waals surface area (Å²) in [7, 11) is 0. The highest BCUT2D eigenvalue weighted by atomic mass is 32.2.